The lowest BCUT2D eigenvalue weighted by atomic mass is 9.97. The predicted molar refractivity (Wildman–Crippen MR) is 121 cm³/mol. The van der Waals surface area contributed by atoms with Gasteiger partial charge in [0, 0.05) is 17.7 Å². The number of aliphatic hydroxyl groups is 1. The van der Waals surface area contributed by atoms with Crippen molar-refractivity contribution in [1.29, 1.82) is 0 Å². The molecule has 5 rings (SSSR count). The van der Waals surface area contributed by atoms with Gasteiger partial charge in [-0.15, -0.1) is 0 Å². The summed E-state index contributed by atoms with van der Waals surface area (Å²) < 4.78 is 16.8. The van der Waals surface area contributed by atoms with E-state index in [1.165, 1.54) is 4.90 Å². The summed E-state index contributed by atoms with van der Waals surface area (Å²) in [5.41, 5.74) is 1.87. The maximum Gasteiger partial charge on any atom is 0.300 e. The molecule has 7 heteroatoms. The van der Waals surface area contributed by atoms with Crippen molar-refractivity contribution in [3.8, 4) is 11.5 Å². The number of amides is 1. The number of ketones is 1. The summed E-state index contributed by atoms with van der Waals surface area (Å²) in [6.45, 7) is 3.75. The molecule has 168 valence electrons. The quantitative estimate of drug-likeness (QED) is 0.360. The van der Waals surface area contributed by atoms with Gasteiger partial charge in [-0.25, -0.2) is 0 Å². The fourth-order valence-corrected chi connectivity index (χ4v) is 4.44. The number of carbonyl (C=O) groups is 2. The molecule has 3 heterocycles. The van der Waals surface area contributed by atoms with Crippen LogP contribution in [0.1, 0.15) is 35.6 Å². The Balaban J connectivity index is 1.66. The number of furan rings is 1. The van der Waals surface area contributed by atoms with Gasteiger partial charge in [-0.1, -0.05) is 0 Å². The molecule has 1 amide bonds. The molecule has 2 aliphatic heterocycles. The van der Waals surface area contributed by atoms with Crippen LogP contribution in [0.2, 0.25) is 0 Å². The number of fused-ring (bicyclic) bond motifs is 1. The molecule has 1 saturated heterocycles. The monoisotopic (exact) mass is 445 g/mol. The Morgan fingerprint density at radius 2 is 1.85 bits per heavy atom. The van der Waals surface area contributed by atoms with Crippen molar-refractivity contribution >= 4 is 23.1 Å². The van der Waals surface area contributed by atoms with Gasteiger partial charge < -0.3 is 19.0 Å². The zero-order chi connectivity index (χ0) is 23.3. The van der Waals surface area contributed by atoms with Gasteiger partial charge in [0.25, 0.3) is 11.7 Å². The lowest BCUT2D eigenvalue weighted by Crippen LogP contribution is -2.29. The predicted octanol–water partition coefficient (Wildman–Crippen LogP) is 4.55. The molecule has 3 aromatic rings. The van der Waals surface area contributed by atoms with Crippen LogP contribution < -0.4 is 14.4 Å². The van der Waals surface area contributed by atoms with Crippen molar-refractivity contribution in [3.05, 3.63) is 82.8 Å². The molecule has 0 aliphatic carbocycles. The normalized spacial score (nSPS) is 21.2. The van der Waals surface area contributed by atoms with Gasteiger partial charge in [0.15, 0.2) is 0 Å². The van der Waals surface area contributed by atoms with Crippen molar-refractivity contribution in [2.45, 2.75) is 32.4 Å². The van der Waals surface area contributed by atoms with E-state index in [0.717, 1.165) is 11.3 Å². The molecule has 33 heavy (non-hydrogen) atoms. The zero-order valence-electron chi connectivity index (χ0n) is 18.5. The van der Waals surface area contributed by atoms with Crippen molar-refractivity contribution < 1.29 is 28.6 Å². The Labute approximate surface area is 190 Å². The fourth-order valence-electron chi connectivity index (χ4n) is 4.44. The smallest absolute Gasteiger partial charge is 0.300 e. The minimum atomic E-state index is -0.907. The van der Waals surface area contributed by atoms with Gasteiger partial charge in [-0.2, -0.15) is 0 Å². The molecule has 2 atom stereocenters. The summed E-state index contributed by atoms with van der Waals surface area (Å²) in [6, 6.07) is 14.7. The third-order valence-electron chi connectivity index (χ3n) is 6.00. The first-order valence-corrected chi connectivity index (χ1v) is 10.7. The highest BCUT2D eigenvalue weighted by atomic mass is 16.5. The van der Waals surface area contributed by atoms with Gasteiger partial charge in [0.2, 0.25) is 0 Å². The van der Waals surface area contributed by atoms with Crippen LogP contribution in [0.5, 0.6) is 11.5 Å². The molecule has 0 spiro atoms. The lowest BCUT2D eigenvalue weighted by Gasteiger charge is -2.23. The largest absolute Gasteiger partial charge is 0.507 e. The summed E-state index contributed by atoms with van der Waals surface area (Å²) in [6.07, 6.45) is 0.751. The van der Waals surface area contributed by atoms with Gasteiger partial charge in [0.1, 0.15) is 40.9 Å². The van der Waals surface area contributed by atoms with Gasteiger partial charge in [-0.05, 0) is 74.0 Å². The number of ether oxygens (including phenoxy) is 2. The Bertz CT molecular complexity index is 1290. The summed E-state index contributed by atoms with van der Waals surface area (Å²) >= 11 is 0. The van der Waals surface area contributed by atoms with Gasteiger partial charge in [-0.3, -0.25) is 14.5 Å². The maximum atomic E-state index is 13.2. The molecular formula is C26H23NO6. The fraction of sp³-hybridized carbons (Fsp3) is 0.231. The van der Waals surface area contributed by atoms with E-state index in [9.17, 15) is 14.7 Å². The number of anilines is 1. The van der Waals surface area contributed by atoms with Crippen molar-refractivity contribution in [2.75, 3.05) is 12.0 Å². The summed E-state index contributed by atoms with van der Waals surface area (Å²) in [5.74, 6) is 0.652. The number of benzene rings is 2. The van der Waals surface area contributed by atoms with E-state index in [4.69, 9.17) is 13.9 Å². The van der Waals surface area contributed by atoms with Crippen LogP contribution in [0.4, 0.5) is 5.69 Å². The topological polar surface area (TPSA) is 89.2 Å². The van der Waals surface area contributed by atoms with Crippen LogP contribution in [0.25, 0.3) is 5.76 Å². The number of aliphatic hydroxyl groups excluding tert-OH is 1. The van der Waals surface area contributed by atoms with E-state index < -0.39 is 17.7 Å². The van der Waals surface area contributed by atoms with Crippen LogP contribution in [-0.2, 0) is 16.0 Å². The number of carbonyl (C=O) groups excluding carboxylic acids is 2. The van der Waals surface area contributed by atoms with Gasteiger partial charge >= 0.3 is 0 Å². The first-order chi connectivity index (χ1) is 15.9. The molecule has 1 N–H and O–H groups in total. The number of hydrogen-bond acceptors (Lipinski definition) is 6. The van der Waals surface area contributed by atoms with Crippen molar-refractivity contribution in [1.82, 2.24) is 0 Å². The minimum absolute atomic E-state index is 0.0166. The van der Waals surface area contributed by atoms with E-state index in [1.54, 1.807) is 68.6 Å². The third kappa shape index (κ3) is 3.46. The van der Waals surface area contributed by atoms with Crippen LogP contribution in [0, 0.1) is 6.92 Å². The molecule has 7 nitrogen and oxygen atoms in total. The number of hydrogen-bond donors (Lipinski definition) is 1. The first kappa shape index (κ1) is 20.9. The maximum absolute atomic E-state index is 13.2. The molecule has 2 unspecified atom stereocenters. The molecule has 1 fully saturated rings. The second kappa shape index (κ2) is 7.85. The second-order valence-corrected chi connectivity index (χ2v) is 8.27. The zero-order valence-corrected chi connectivity index (χ0v) is 18.5. The van der Waals surface area contributed by atoms with E-state index in [-0.39, 0.29) is 17.4 Å². The Kier molecular flexibility index (Phi) is 4.96. The number of rotatable bonds is 4. The highest BCUT2D eigenvalue weighted by Gasteiger charge is 2.48. The average Bonchev–Trinajstić information content (AvgIpc) is 3.48. The van der Waals surface area contributed by atoms with Crippen molar-refractivity contribution in [3.63, 3.8) is 0 Å². The minimum Gasteiger partial charge on any atom is -0.507 e. The molecule has 1 aromatic heterocycles. The Morgan fingerprint density at radius 3 is 2.52 bits per heavy atom. The standard InChI is InChI=1S/C26H23NO6/c1-14-4-10-21(32-14)23-22(24(28)16-5-11-20-17(13-16)12-15(2)33-20)25(29)26(30)27(23)18-6-8-19(31-3)9-7-18/h4-11,13,15,23,28H,12H2,1-3H3/b24-22-. The first-order valence-electron chi connectivity index (χ1n) is 10.7. The second-order valence-electron chi connectivity index (χ2n) is 8.27. The number of Topliss-reactive ketones (excluding diaryl/α,β-unsaturated/α-hetero) is 1. The van der Waals surface area contributed by atoms with E-state index >= 15 is 0 Å². The molecular weight excluding hydrogens is 422 g/mol. The Hall–Kier alpha value is -4.00. The van der Waals surface area contributed by atoms with Crippen molar-refractivity contribution in [2.24, 2.45) is 0 Å². The van der Waals surface area contributed by atoms with Crippen LogP contribution in [-0.4, -0.2) is 30.0 Å². The highest BCUT2D eigenvalue weighted by Crippen LogP contribution is 2.43. The molecule has 2 aromatic carbocycles. The molecule has 0 bridgehead atoms. The van der Waals surface area contributed by atoms with Crippen LogP contribution >= 0.6 is 0 Å². The van der Waals surface area contributed by atoms with E-state index in [0.29, 0.717) is 34.9 Å². The number of aryl methyl sites for hydroxylation is 1. The third-order valence-corrected chi connectivity index (χ3v) is 6.00. The molecule has 2 aliphatic rings. The average molecular weight is 445 g/mol. The van der Waals surface area contributed by atoms with E-state index in [1.807, 2.05) is 6.92 Å². The van der Waals surface area contributed by atoms with Gasteiger partial charge in [0.05, 0.1) is 12.7 Å². The highest BCUT2D eigenvalue weighted by molar-refractivity contribution is 6.51. The number of nitrogens with zero attached hydrogens (tertiary/aromatic N) is 1. The van der Waals surface area contributed by atoms with Crippen LogP contribution in [0.15, 0.2) is 64.6 Å². The molecule has 0 radical (unpaired) electrons. The SMILES string of the molecule is COc1ccc(N2C(=O)C(=O)/C(=C(\O)c3ccc4c(c3)CC(C)O4)C2c2ccc(C)o2)cc1. The molecule has 0 saturated carbocycles. The van der Waals surface area contributed by atoms with Crippen LogP contribution in [0.3, 0.4) is 0 Å². The summed E-state index contributed by atoms with van der Waals surface area (Å²) in [5, 5.41) is 11.3. The lowest BCUT2D eigenvalue weighted by molar-refractivity contribution is -0.132. The summed E-state index contributed by atoms with van der Waals surface area (Å²) in [7, 11) is 1.55. The summed E-state index contributed by atoms with van der Waals surface area (Å²) in [4.78, 5) is 27.7. The number of methoxy groups -OCH3 is 1. The van der Waals surface area contributed by atoms with E-state index in [2.05, 4.69) is 0 Å². The Morgan fingerprint density at radius 1 is 1.09 bits per heavy atom.